The van der Waals surface area contributed by atoms with Crippen LogP contribution in [-0.4, -0.2) is 35.3 Å². The summed E-state index contributed by atoms with van der Waals surface area (Å²) in [5.41, 5.74) is 1.61. The van der Waals surface area contributed by atoms with Crippen LogP contribution in [0.1, 0.15) is 78.6 Å². The number of benzene rings is 1. The van der Waals surface area contributed by atoms with Crippen molar-refractivity contribution in [3.8, 4) is 0 Å². The van der Waals surface area contributed by atoms with Crippen LogP contribution in [0, 0.1) is 0 Å². The number of ketones is 1. The molecule has 2 aromatic rings. The molecule has 0 saturated heterocycles. The Morgan fingerprint density at radius 1 is 1.17 bits per heavy atom. The van der Waals surface area contributed by atoms with Crippen LogP contribution in [0.3, 0.4) is 0 Å². The van der Waals surface area contributed by atoms with Crippen molar-refractivity contribution in [2.45, 2.75) is 58.6 Å². The van der Waals surface area contributed by atoms with E-state index in [0.29, 0.717) is 29.9 Å². The van der Waals surface area contributed by atoms with E-state index in [0.717, 1.165) is 12.0 Å². The first-order valence-corrected chi connectivity index (χ1v) is 10.1. The highest BCUT2D eigenvalue weighted by molar-refractivity contribution is 6.13. The van der Waals surface area contributed by atoms with E-state index in [1.165, 1.54) is 11.2 Å². The molecule has 0 aliphatic heterocycles. The van der Waals surface area contributed by atoms with Gasteiger partial charge in [-0.15, -0.1) is 0 Å². The van der Waals surface area contributed by atoms with Crippen molar-refractivity contribution in [1.82, 2.24) is 4.90 Å². The van der Waals surface area contributed by atoms with Gasteiger partial charge in [-0.1, -0.05) is 12.1 Å². The standard InChI is InChI=1S/C23H28N2O5/c1-14(25(5)22(28)30-23(2,3)4)15-9-11-16(12-10-15)24-21(27)17-13-29-19-8-6-7-18(26)20(17)19/h9-14H,6-8H2,1-5H3,(H,24,27). The number of ether oxygens (including phenoxy) is 1. The fourth-order valence-corrected chi connectivity index (χ4v) is 3.35. The SMILES string of the molecule is CC(c1ccc(NC(=O)c2coc3c2C(=O)CCC3)cc1)N(C)C(=O)OC(C)(C)C. The fourth-order valence-electron chi connectivity index (χ4n) is 3.35. The molecule has 0 radical (unpaired) electrons. The smallest absolute Gasteiger partial charge is 0.410 e. The number of hydrogen-bond acceptors (Lipinski definition) is 5. The molecule has 0 bridgehead atoms. The van der Waals surface area contributed by atoms with Gasteiger partial charge in [-0.05, 0) is 51.8 Å². The van der Waals surface area contributed by atoms with Crippen molar-refractivity contribution in [3.63, 3.8) is 0 Å². The molecule has 160 valence electrons. The molecule has 1 aromatic heterocycles. The first-order chi connectivity index (χ1) is 14.1. The van der Waals surface area contributed by atoms with Gasteiger partial charge in [0.25, 0.3) is 5.91 Å². The molecule has 3 rings (SSSR count). The summed E-state index contributed by atoms with van der Waals surface area (Å²) in [6.07, 6.45) is 2.81. The number of Topliss-reactive ketones (excluding diaryl/α,β-unsaturated/α-hetero) is 1. The van der Waals surface area contributed by atoms with Gasteiger partial charge >= 0.3 is 6.09 Å². The lowest BCUT2D eigenvalue weighted by molar-refractivity contribution is 0.0233. The van der Waals surface area contributed by atoms with Crippen LogP contribution in [-0.2, 0) is 11.2 Å². The molecule has 0 fully saturated rings. The summed E-state index contributed by atoms with van der Waals surface area (Å²) in [6.45, 7) is 7.38. The number of amides is 2. The number of carbonyl (C=O) groups excluding carboxylic acids is 3. The molecule has 1 unspecified atom stereocenters. The molecule has 1 atom stereocenters. The summed E-state index contributed by atoms with van der Waals surface area (Å²) in [5.74, 6) is 0.164. The molecule has 30 heavy (non-hydrogen) atoms. The summed E-state index contributed by atoms with van der Waals surface area (Å²) < 4.78 is 10.8. The van der Waals surface area contributed by atoms with E-state index in [9.17, 15) is 14.4 Å². The van der Waals surface area contributed by atoms with E-state index in [2.05, 4.69) is 5.32 Å². The summed E-state index contributed by atoms with van der Waals surface area (Å²) in [4.78, 5) is 38.6. The molecule has 2 amide bonds. The van der Waals surface area contributed by atoms with Gasteiger partial charge in [0.05, 0.1) is 17.2 Å². The molecule has 1 aliphatic carbocycles. The van der Waals surface area contributed by atoms with Gasteiger partial charge in [0, 0.05) is 25.6 Å². The van der Waals surface area contributed by atoms with Gasteiger partial charge < -0.3 is 19.4 Å². The van der Waals surface area contributed by atoms with E-state index in [1.807, 2.05) is 39.8 Å². The average molecular weight is 412 g/mol. The molecule has 0 saturated carbocycles. The number of fused-ring (bicyclic) bond motifs is 1. The highest BCUT2D eigenvalue weighted by Gasteiger charge is 2.28. The third-order valence-corrected chi connectivity index (χ3v) is 5.11. The van der Waals surface area contributed by atoms with Crippen LogP contribution in [0.25, 0.3) is 0 Å². The molecule has 0 spiro atoms. The summed E-state index contributed by atoms with van der Waals surface area (Å²) in [5, 5.41) is 2.81. The second-order valence-electron chi connectivity index (χ2n) is 8.57. The number of nitrogens with zero attached hydrogens (tertiary/aromatic N) is 1. The Morgan fingerprint density at radius 2 is 1.83 bits per heavy atom. The summed E-state index contributed by atoms with van der Waals surface area (Å²) in [7, 11) is 1.69. The number of nitrogens with one attached hydrogen (secondary N) is 1. The minimum absolute atomic E-state index is 0.0514. The second-order valence-corrected chi connectivity index (χ2v) is 8.57. The van der Waals surface area contributed by atoms with E-state index in [-0.39, 0.29) is 23.3 Å². The van der Waals surface area contributed by atoms with Crippen LogP contribution in [0.4, 0.5) is 10.5 Å². The van der Waals surface area contributed by atoms with Gasteiger partial charge in [-0.2, -0.15) is 0 Å². The Kier molecular flexibility index (Phi) is 6.01. The maximum absolute atomic E-state index is 12.6. The minimum atomic E-state index is -0.563. The summed E-state index contributed by atoms with van der Waals surface area (Å²) >= 11 is 0. The number of rotatable bonds is 4. The van der Waals surface area contributed by atoms with Gasteiger partial charge in [-0.3, -0.25) is 9.59 Å². The lowest BCUT2D eigenvalue weighted by atomic mass is 9.94. The predicted molar refractivity (Wildman–Crippen MR) is 113 cm³/mol. The Balaban J connectivity index is 1.68. The van der Waals surface area contributed by atoms with Crippen molar-refractivity contribution in [1.29, 1.82) is 0 Å². The first-order valence-electron chi connectivity index (χ1n) is 10.1. The highest BCUT2D eigenvalue weighted by atomic mass is 16.6. The van der Waals surface area contributed by atoms with E-state index in [1.54, 1.807) is 19.2 Å². The van der Waals surface area contributed by atoms with Crippen LogP contribution in [0.2, 0.25) is 0 Å². The zero-order valence-corrected chi connectivity index (χ0v) is 18.1. The second kappa shape index (κ2) is 8.34. The van der Waals surface area contributed by atoms with E-state index < -0.39 is 11.7 Å². The molecule has 7 nitrogen and oxygen atoms in total. The van der Waals surface area contributed by atoms with Gasteiger partial charge in [-0.25, -0.2) is 4.79 Å². The first kappa shape index (κ1) is 21.6. The van der Waals surface area contributed by atoms with Crippen molar-refractivity contribution in [2.75, 3.05) is 12.4 Å². The van der Waals surface area contributed by atoms with Crippen LogP contribution < -0.4 is 5.32 Å². The van der Waals surface area contributed by atoms with Crippen molar-refractivity contribution < 1.29 is 23.5 Å². The maximum Gasteiger partial charge on any atom is 0.410 e. The lowest BCUT2D eigenvalue weighted by Gasteiger charge is -2.29. The van der Waals surface area contributed by atoms with Gasteiger partial charge in [0.1, 0.15) is 17.6 Å². The van der Waals surface area contributed by atoms with Crippen LogP contribution >= 0.6 is 0 Å². The quantitative estimate of drug-likeness (QED) is 0.765. The third-order valence-electron chi connectivity index (χ3n) is 5.11. The summed E-state index contributed by atoms with van der Waals surface area (Å²) in [6, 6.07) is 7.01. The molecule has 1 heterocycles. The highest BCUT2D eigenvalue weighted by Crippen LogP contribution is 2.27. The van der Waals surface area contributed by atoms with Gasteiger partial charge in [0.15, 0.2) is 5.78 Å². The van der Waals surface area contributed by atoms with Crippen LogP contribution in [0.5, 0.6) is 0 Å². The topological polar surface area (TPSA) is 88.9 Å². The Labute approximate surface area is 176 Å². The third kappa shape index (κ3) is 4.72. The molecule has 1 aromatic carbocycles. The van der Waals surface area contributed by atoms with Crippen LogP contribution in [0.15, 0.2) is 34.9 Å². The number of hydrogen-bond donors (Lipinski definition) is 1. The van der Waals surface area contributed by atoms with Crippen molar-refractivity contribution >= 4 is 23.5 Å². The molecular weight excluding hydrogens is 384 g/mol. The zero-order chi connectivity index (χ0) is 22.1. The lowest BCUT2D eigenvalue weighted by Crippen LogP contribution is -2.35. The number of aryl methyl sites for hydroxylation is 1. The van der Waals surface area contributed by atoms with E-state index in [4.69, 9.17) is 9.15 Å². The van der Waals surface area contributed by atoms with Crippen molar-refractivity contribution in [2.24, 2.45) is 0 Å². The fraction of sp³-hybridized carbons (Fsp3) is 0.435. The number of carbonyl (C=O) groups is 3. The number of furan rings is 1. The monoisotopic (exact) mass is 412 g/mol. The number of anilines is 1. The Bertz CT molecular complexity index is 953. The van der Waals surface area contributed by atoms with Crippen molar-refractivity contribution in [3.05, 3.63) is 53.0 Å². The Hall–Kier alpha value is -3.09. The largest absolute Gasteiger partial charge is 0.468 e. The molecule has 1 N–H and O–H groups in total. The Morgan fingerprint density at radius 3 is 2.47 bits per heavy atom. The van der Waals surface area contributed by atoms with E-state index >= 15 is 0 Å². The predicted octanol–water partition coefficient (Wildman–Crippen LogP) is 4.98. The van der Waals surface area contributed by atoms with Gasteiger partial charge in [0.2, 0.25) is 0 Å². The normalized spacial score (nSPS) is 14.6. The maximum atomic E-state index is 12.6. The molecule has 7 heteroatoms. The molecule has 1 aliphatic rings. The molecular formula is C23H28N2O5. The zero-order valence-electron chi connectivity index (χ0n) is 18.1. The minimum Gasteiger partial charge on any atom is -0.468 e. The average Bonchev–Trinajstić information content (AvgIpc) is 3.12.